The van der Waals surface area contributed by atoms with Gasteiger partial charge in [-0.1, -0.05) is 23.7 Å². The largest absolute Gasteiger partial charge is 0.385 e. The first-order chi connectivity index (χ1) is 7.10. The molecule has 1 aliphatic heterocycles. The highest BCUT2D eigenvalue weighted by Gasteiger charge is 2.34. The fourth-order valence-corrected chi connectivity index (χ4v) is 1.96. The first-order valence-corrected chi connectivity index (χ1v) is 5.23. The summed E-state index contributed by atoms with van der Waals surface area (Å²) in [5.74, 6) is -0.112. The summed E-state index contributed by atoms with van der Waals surface area (Å²) in [5.41, 5.74) is -0.283. The van der Waals surface area contributed by atoms with Crippen LogP contribution in [-0.2, 0) is 10.4 Å². The van der Waals surface area contributed by atoms with Gasteiger partial charge in [0.1, 0.15) is 5.60 Å². The molecule has 1 fully saturated rings. The van der Waals surface area contributed by atoms with Crippen LogP contribution in [0.15, 0.2) is 24.3 Å². The topological polar surface area (TPSA) is 49.3 Å². The molecule has 3 nitrogen and oxygen atoms in total. The average Bonchev–Trinajstić information content (AvgIpc) is 2.18. The van der Waals surface area contributed by atoms with Crippen molar-refractivity contribution in [3.63, 3.8) is 0 Å². The molecule has 1 amide bonds. The molecule has 1 aromatic carbocycles. The monoisotopic (exact) mass is 225 g/mol. The van der Waals surface area contributed by atoms with Gasteiger partial charge in [-0.25, -0.2) is 0 Å². The molecule has 0 radical (unpaired) electrons. The van der Waals surface area contributed by atoms with Crippen LogP contribution >= 0.6 is 11.6 Å². The SMILES string of the molecule is O=C1C[C@@](O)(c2ccc(Cl)cc2)CCN1. The van der Waals surface area contributed by atoms with E-state index in [9.17, 15) is 9.90 Å². The summed E-state index contributed by atoms with van der Waals surface area (Å²) in [4.78, 5) is 11.2. The van der Waals surface area contributed by atoms with E-state index in [-0.39, 0.29) is 12.3 Å². The fraction of sp³-hybridized carbons (Fsp3) is 0.364. The van der Waals surface area contributed by atoms with E-state index >= 15 is 0 Å². The Bertz CT molecular complexity index is 377. The number of hydrogen-bond donors (Lipinski definition) is 2. The normalized spacial score (nSPS) is 26.1. The Labute approximate surface area is 93.1 Å². The predicted octanol–water partition coefficient (Wildman–Crippen LogP) is 1.44. The zero-order valence-corrected chi connectivity index (χ0v) is 8.92. The molecule has 2 rings (SSSR count). The molecule has 1 aromatic rings. The molecule has 0 saturated carbocycles. The summed E-state index contributed by atoms with van der Waals surface area (Å²) in [7, 11) is 0. The van der Waals surface area contributed by atoms with Crippen molar-refractivity contribution in [1.29, 1.82) is 0 Å². The molecule has 1 atom stereocenters. The second kappa shape index (κ2) is 3.83. The maximum absolute atomic E-state index is 11.2. The van der Waals surface area contributed by atoms with Crippen molar-refractivity contribution in [2.45, 2.75) is 18.4 Å². The van der Waals surface area contributed by atoms with Gasteiger partial charge in [0.15, 0.2) is 0 Å². The molecule has 1 saturated heterocycles. The van der Waals surface area contributed by atoms with Gasteiger partial charge in [-0.15, -0.1) is 0 Å². The highest BCUT2D eigenvalue weighted by Crippen LogP contribution is 2.31. The van der Waals surface area contributed by atoms with Crippen molar-refractivity contribution in [3.05, 3.63) is 34.9 Å². The lowest BCUT2D eigenvalue weighted by molar-refractivity contribution is -0.130. The minimum Gasteiger partial charge on any atom is -0.385 e. The van der Waals surface area contributed by atoms with Crippen LogP contribution in [-0.4, -0.2) is 17.6 Å². The molecular weight excluding hydrogens is 214 g/mol. The number of carbonyl (C=O) groups is 1. The molecule has 2 N–H and O–H groups in total. The minimum atomic E-state index is -1.03. The molecule has 80 valence electrons. The second-order valence-corrected chi connectivity index (χ2v) is 4.25. The van der Waals surface area contributed by atoms with Crippen molar-refractivity contribution in [3.8, 4) is 0 Å². The van der Waals surface area contributed by atoms with Crippen LogP contribution in [0.1, 0.15) is 18.4 Å². The quantitative estimate of drug-likeness (QED) is 0.760. The number of hydrogen-bond acceptors (Lipinski definition) is 2. The van der Waals surface area contributed by atoms with Crippen LogP contribution in [0.2, 0.25) is 5.02 Å². The van der Waals surface area contributed by atoms with Gasteiger partial charge in [-0.05, 0) is 24.1 Å². The fourth-order valence-electron chi connectivity index (χ4n) is 1.83. The van der Waals surface area contributed by atoms with E-state index in [2.05, 4.69) is 5.32 Å². The number of halogens is 1. The highest BCUT2D eigenvalue weighted by molar-refractivity contribution is 6.30. The zero-order chi connectivity index (χ0) is 10.9. The maximum atomic E-state index is 11.2. The lowest BCUT2D eigenvalue weighted by Crippen LogP contribution is -2.43. The lowest BCUT2D eigenvalue weighted by Gasteiger charge is -2.32. The van der Waals surface area contributed by atoms with E-state index in [1.807, 2.05) is 0 Å². The Morgan fingerprint density at radius 2 is 2.00 bits per heavy atom. The molecule has 0 spiro atoms. The number of nitrogens with one attached hydrogen (secondary N) is 1. The van der Waals surface area contributed by atoms with Gasteiger partial charge in [-0.3, -0.25) is 4.79 Å². The third-order valence-corrected chi connectivity index (χ3v) is 2.95. The number of benzene rings is 1. The van der Waals surface area contributed by atoms with Crippen LogP contribution in [0.5, 0.6) is 0 Å². The van der Waals surface area contributed by atoms with Crippen LogP contribution in [0.3, 0.4) is 0 Å². The smallest absolute Gasteiger partial charge is 0.223 e. The molecule has 1 aliphatic rings. The Hall–Kier alpha value is -1.06. The van der Waals surface area contributed by atoms with Gasteiger partial charge in [-0.2, -0.15) is 0 Å². The molecule has 15 heavy (non-hydrogen) atoms. The van der Waals surface area contributed by atoms with Crippen LogP contribution in [0.4, 0.5) is 0 Å². The summed E-state index contributed by atoms with van der Waals surface area (Å²) in [6, 6.07) is 6.98. The molecule has 0 aliphatic carbocycles. The summed E-state index contributed by atoms with van der Waals surface area (Å²) in [6.45, 7) is 0.512. The first-order valence-electron chi connectivity index (χ1n) is 4.85. The number of rotatable bonds is 1. The highest BCUT2D eigenvalue weighted by atomic mass is 35.5. The number of amides is 1. The number of carbonyl (C=O) groups excluding carboxylic acids is 1. The predicted molar refractivity (Wildman–Crippen MR) is 57.6 cm³/mol. The standard InChI is InChI=1S/C11H12ClNO2/c12-9-3-1-8(2-4-9)11(15)5-6-13-10(14)7-11/h1-4,15H,5-7H2,(H,13,14)/t11-/m1/s1. The minimum absolute atomic E-state index is 0.112. The van der Waals surface area contributed by atoms with E-state index in [4.69, 9.17) is 11.6 Å². The molecule has 0 bridgehead atoms. The van der Waals surface area contributed by atoms with E-state index in [0.717, 1.165) is 5.56 Å². The molecule has 0 aromatic heterocycles. The van der Waals surface area contributed by atoms with Crippen LogP contribution in [0, 0.1) is 0 Å². The second-order valence-electron chi connectivity index (χ2n) is 3.82. The van der Waals surface area contributed by atoms with Crippen molar-refractivity contribution < 1.29 is 9.90 Å². The van der Waals surface area contributed by atoms with Gasteiger partial charge in [0.05, 0.1) is 6.42 Å². The Morgan fingerprint density at radius 3 is 2.60 bits per heavy atom. The molecule has 0 unspecified atom stereocenters. The third-order valence-electron chi connectivity index (χ3n) is 2.70. The van der Waals surface area contributed by atoms with Crippen molar-refractivity contribution in [2.75, 3.05) is 6.54 Å². The van der Waals surface area contributed by atoms with Gasteiger partial charge < -0.3 is 10.4 Å². The van der Waals surface area contributed by atoms with Crippen molar-refractivity contribution >= 4 is 17.5 Å². The Balaban J connectivity index is 2.28. The van der Waals surface area contributed by atoms with Gasteiger partial charge in [0.2, 0.25) is 5.91 Å². The van der Waals surface area contributed by atoms with E-state index < -0.39 is 5.60 Å². The zero-order valence-electron chi connectivity index (χ0n) is 8.16. The van der Waals surface area contributed by atoms with Crippen LogP contribution in [0.25, 0.3) is 0 Å². The number of aliphatic hydroxyl groups is 1. The maximum Gasteiger partial charge on any atom is 0.223 e. The summed E-state index contributed by atoms with van der Waals surface area (Å²) in [5, 5.41) is 13.6. The summed E-state index contributed by atoms with van der Waals surface area (Å²) < 4.78 is 0. The van der Waals surface area contributed by atoms with E-state index in [0.29, 0.717) is 18.0 Å². The van der Waals surface area contributed by atoms with Gasteiger partial charge >= 0.3 is 0 Å². The average molecular weight is 226 g/mol. The number of piperidine rings is 1. The summed E-state index contributed by atoms with van der Waals surface area (Å²) in [6.07, 6.45) is 0.662. The van der Waals surface area contributed by atoms with E-state index in [1.165, 1.54) is 0 Å². The van der Waals surface area contributed by atoms with Crippen molar-refractivity contribution in [2.24, 2.45) is 0 Å². The Kier molecular flexibility index (Phi) is 2.67. The van der Waals surface area contributed by atoms with Crippen molar-refractivity contribution in [1.82, 2.24) is 5.32 Å². The lowest BCUT2D eigenvalue weighted by atomic mass is 9.85. The molecule has 4 heteroatoms. The Morgan fingerprint density at radius 1 is 1.33 bits per heavy atom. The van der Waals surface area contributed by atoms with E-state index in [1.54, 1.807) is 24.3 Å². The van der Waals surface area contributed by atoms with Crippen LogP contribution < -0.4 is 5.32 Å². The first kappa shape index (κ1) is 10.5. The third kappa shape index (κ3) is 2.13. The molecular formula is C11H12ClNO2. The van der Waals surface area contributed by atoms with Gasteiger partial charge in [0, 0.05) is 11.6 Å². The summed E-state index contributed by atoms with van der Waals surface area (Å²) >= 11 is 5.76. The molecule has 1 heterocycles. The van der Waals surface area contributed by atoms with Gasteiger partial charge in [0.25, 0.3) is 0 Å².